The maximum absolute atomic E-state index is 13.2. The summed E-state index contributed by atoms with van der Waals surface area (Å²) in [6.45, 7) is 3.66. The van der Waals surface area contributed by atoms with Crippen LogP contribution in [-0.4, -0.2) is 25.3 Å². The molecule has 0 spiro atoms. The summed E-state index contributed by atoms with van der Waals surface area (Å²) in [5.74, 6) is -1.92. The van der Waals surface area contributed by atoms with Gasteiger partial charge in [-0.3, -0.25) is 9.59 Å². The molecule has 6 heteroatoms. The minimum Gasteiger partial charge on any atom is -0.496 e. The number of benzene rings is 2. The Morgan fingerprint density at radius 3 is 2.46 bits per heavy atom. The predicted molar refractivity (Wildman–Crippen MR) is 94.5 cm³/mol. The molecule has 26 heavy (non-hydrogen) atoms. The molecule has 1 N–H and O–H groups in total. The zero-order valence-electron chi connectivity index (χ0n) is 15.0. The molecule has 0 radical (unpaired) electrons. The van der Waals surface area contributed by atoms with Gasteiger partial charge in [0.2, 0.25) is 5.91 Å². The van der Waals surface area contributed by atoms with E-state index in [9.17, 15) is 18.4 Å². The van der Waals surface area contributed by atoms with Crippen LogP contribution in [0.3, 0.4) is 0 Å². The van der Waals surface area contributed by atoms with Crippen molar-refractivity contribution in [3.05, 3.63) is 64.2 Å². The fourth-order valence-electron chi connectivity index (χ4n) is 2.84. The summed E-state index contributed by atoms with van der Waals surface area (Å²) < 4.78 is 31.4. The van der Waals surface area contributed by atoms with E-state index in [0.29, 0.717) is 23.3 Å². The van der Waals surface area contributed by atoms with Gasteiger partial charge >= 0.3 is 0 Å². The number of rotatable bonds is 7. The minimum atomic E-state index is -1.01. The van der Waals surface area contributed by atoms with Crippen molar-refractivity contribution < 1.29 is 23.1 Å². The molecule has 0 heterocycles. The highest BCUT2D eigenvalue weighted by molar-refractivity contribution is 6.01. The van der Waals surface area contributed by atoms with Gasteiger partial charge < -0.3 is 10.1 Å². The highest BCUT2D eigenvalue weighted by Gasteiger charge is 2.16. The van der Waals surface area contributed by atoms with Crippen LogP contribution in [0.2, 0.25) is 0 Å². The first kappa shape index (κ1) is 19.6. The van der Waals surface area contributed by atoms with E-state index in [1.165, 1.54) is 6.07 Å². The van der Waals surface area contributed by atoms with Gasteiger partial charge in [-0.15, -0.1) is 0 Å². The Morgan fingerprint density at radius 1 is 1.12 bits per heavy atom. The van der Waals surface area contributed by atoms with Crippen molar-refractivity contribution in [3.8, 4) is 5.75 Å². The largest absolute Gasteiger partial charge is 0.496 e. The molecule has 0 saturated carbocycles. The van der Waals surface area contributed by atoms with Crippen LogP contribution in [0.15, 0.2) is 30.3 Å². The lowest BCUT2D eigenvalue weighted by Crippen LogP contribution is -2.31. The third-order valence-electron chi connectivity index (χ3n) is 4.22. The molecule has 0 aliphatic heterocycles. The average Bonchev–Trinajstić information content (AvgIpc) is 2.62. The average molecular weight is 361 g/mol. The molecule has 0 fully saturated rings. The van der Waals surface area contributed by atoms with Gasteiger partial charge in [-0.2, -0.15) is 0 Å². The molecule has 0 unspecified atom stereocenters. The molecule has 0 aliphatic rings. The normalized spacial score (nSPS) is 10.5. The van der Waals surface area contributed by atoms with E-state index in [1.807, 2.05) is 13.8 Å². The van der Waals surface area contributed by atoms with Crippen LogP contribution >= 0.6 is 0 Å². The van der Waals surface area contributed by atoms with Crippen molar-refractivity contribution in [2.75, 3.05) is 13.7 Å². The van der Waals surface area contributed by atoms with Gasteiger partial charge in [-0.05, 0) is 54.3 Å². The second-order valence-corrected chi connectivity index (χ2v) is 5.90. The van der Waals surface area contributed by atoms with Crippen molar-refractivity contribution in [1.29, 1.82) is 0 Å². The van der Waals surface area contributed by atoms with Crippen molar-refractivity contribution in [3.63, 3.8) is 0 Å². The highest BCUT2D eigenvalue weighted by atomic mass is 19.2. The molecule has 4 nitrogen and oxygen atoms in total. The molecule has 1 amide bonds. The maximum Gasteiger partial charge on any atom is 0.224 e. The molecular formula is C20H21F2NO3. The summed E-state index contributed by atoms with van der Waals surface area (Å²) in [6.07, 6.45) is 0.527. The van der Waals surface area contributed by atoms with E-state index < -0.39 is 17.5 Å². The quantitative estimate of drug-likeness (QED) is 0.769. The Balaban J connectivity index is 2.03. The summed E-state index contributed by atoms with van der Waals surface area (Å²) in [5, 5.41) is 2.53. The zero-order valence-corrected chi connectivity index (χ0v) is 15.0. The monoisotopic (exact) mass is 361 g/mol. The third-order valence-corrected chi connectivity index (χ3v) is 4.22. The van der Waals surface area contributed by atoms with E-state index in [2.05, 4.69) is 5.32 Å². The number of carbonyl (C=O) groups is 2. The van der Waals surface area contributed by atoms with Crippen LogP contribution in [0.1, 0.15) is 34.0 Å². The summed E-state index contributed by atoms with van der Waals surface area (Å²) in [7, 11) is 1.57. The second-order valence-electron chi connectivity index (χ2n) is 5.90. The van der Waals surface area contributed by atoms with E-state index in [1.54, 1.807) is 19.2 Å². The lowest BCUT2D eigenvalue weighted by atomic mass is 9.96. The number of ketones is 1. The molecule has 2 aromatic rings. The van der Waals surface area contributed by atoms with E-state index >= 15 is 0 Å². The maximum atomic E-state index is 13.2. The number of amides is 1. The Morgan fingerprint density at radius 2 is 1.85 bits per heavy atom. The molecular weight excluding hydrogens is 340 g/mol. The Labute approximate surface area is 151 Å². The van der Waals surface area contributed by atoms with Crippen molar-refractivity contribution in [2.45, 2.75) is 26.7 Å². The second kappa shape index (κ2) is 8.56. The van der Waals surface area contributed by atoms with Gasteiger partial charge in [-0.25, -0.2) is 8.78 Å². The van der Waals surface area contributed by atoms with Gasteiger partial charge in [0.1, 0.15) is 5.75 Å². The fraction of sp³-hybridized carbons (Fsp3) is 0.300. The number of nitrogens with one attached hydrogen (secondary N) is 1. The number of halogens is 2. The minimum absolute atomic E-state index is 0.132. The molecule has 2 rings (SSSR count). The first-order chi connectivity index (χ1) is 12.4. The Hall–Kier alpha value is -2.76. The number of Topliss-reactive ketones (excluding diaryl/α,β-unsaturated/α-hetero) is 1. The molecule has 0 aromatic heterocycles. The predicted octanol–water partition coefficient (Wildman–Crippen LogP) is 3.39. The number of carbonyl (C=O) groups excluding carboxylic acids is 2. The lowest BCUT2D eigenvalue weighted by Gasteiger charge is -2.14. The van der Waals surface area contributed by atoms with E-state index in [-0.39, 0.29) is 18.7 Å². The zero-order chi connectivity index (χ0) is 19.3. The van der Waals surface area contributed by atoms with Crippen molar-refractivity contribution in [2.24, 2.45) is 0 Å². The summed E-state index contributed by atoms with van der Waals surface area (Å²) in [5.41, 5.74) is 2.65. The highest BCUT2D eigenvalue weighted by Crippen LogP contribution is 2.25. The van der Waals surface area contributed by atoms with Crippen LogP contribution in [0.5, 0.6) is 5.75 Å². The van der Waals surface area contributed by atoms with E-state index in [0.717, 1.165) is 23.3 Å². The molecule has 2 aromatic carbocycles. The molecule has 138 valence electrons. The number of hydrogen-bond acceptors (Lipinski definition) is 3. The smallest absolute Gasteiger partial charge is 0.224 e. The van der Waals surface area contributed by atoms with Crippen molar-refractivity contribution >= 4 is 11.7 Å². The van der Waals surface area contributed by atoms with Crippen LogP contribution < -0.4 is 10.1 Å². The Kier molecular flexibility index (Phi) is 6.44. The molecule has 0 atom stereocenters. The van der Waals surface area contributed by atoms with Gasteiger partial charge in [0.25, 0.3) is 0 Å². The lowest BCUT2D eigenvalue weighted by molar-refractivity contribution is -0.120. The standard InChI is InChI=1S/C20H21F2NO3/c1-4-14-12(2)19(26-3)8-6-15(14)18(24)11-23-20(25)10-13-5-7-16(21)17(22)9-13/h5-9H,4,10-11H2,1-3H3,(H,23,25). The van der Waals surface area contributed by atoms with Crippen LogP contribution in [0.25, 0.3) is 0 Å². The first-order valence-electron chi connectivity index (χ1n) is 8.27. The number of methoxy groups -OCH3 is 1. The Bertz CT molecular complexity index is 834. The summed E-state index contributed by atoms with van der Waals surface area (Å²) >= 11 is 0. The van der Waals surface area contributed by atoms with Crippen LogP contribution in [0, 0.1) is 18.6 Å². The van der Waals surface area contributed by atoms with Gasteiger partial charge in [0, 0.05) is 5.56 Å². The van der Waals surface area contributed by atoms with Gasteiger partial charge in [-0.1, -0.05) is 13.0 Å². The first-order valence-corrected chi connectivity index (χ1v) is 8.27. The number of hydrogen-bond donors (Lipinski definition) is 1. The van der Waals surface area contributed by atoms with Gasteiger partial charge in [0.05, 0.1) is 20.1 Å². The SMILES string of the molecule is CCc1c(C(=O)CNC(=O)Cc2ccc(F)c(F)c2)ccc(OC)c1C. The fourth-order valence-corrected chi connectivity index (χ4v) is 2.84. The van der Waals surface area contributed by atoms with Crippen molar-refractivity contribution in [1.82, 2.24) is 5.32 Å². The van der Waals surface area contributed by atoms with Crippen LogP contribution in [0.4, 0.5) is 8.78 Å². The van der Waals surface area contributed by atoms with E-state index in [4.69, 9.17) is 4.74 Å². The third kappa shape index (κ3) is 4.45. The number of ether oxygens (including phenoxy) is 1. The topological polar surface area (TPSA) is 55.4 Å². The van der Waals surface area contributed by atoms with Gasteiger partial charge in [0.15, 0.2) is 17.4 Å². The summed E-state index contributed by atoms with van der Waals surface area (Å²) in [4.78, 5) is 24.4. The molecule has 0 saturated heterocycles. The summed E-state index contributed by atoms with van der Waals surface area (Å²) in [6, 6.07) is 6.69. The molecule has 0 bridgehead atoms. The molecule has 0 aliphatic carbocycles. The van der Waals surface area contributed by atoms with Crippen LogP contribution in [-0.2, 0) is 17.6 Å².